The first-order valence-corrected chi connectivity index (χ1v) is 6.43. The van der Waals surface area contributed by atoms with E-state index in [0.717, 1.165) is 37.2 Å². The number of aliphatic carboxylic acids is 1. The predicted octanol–water partition coefficient (Wildman–Crippen LogP) is 2.01. The molecular weight excluding hydrogens is 242 g/mol. The third-order valence-corrected chi connectivity index (χ3v) is 3.42. The highest BCUT2D eigenvalue weighted by molar-refractivity contribution is 5.85. The van der Waals surface area contributed by atoms with Gasteiger partial charge in [0.15, 0.2) is 0 Å². The van der Waals surface area contributed by atoms with Gasteiger partial charge >= 0.3 is 5.97 Å². The summed E-state index contributed by atoms with van der Waals surface area (Å²) in [5.41, 5.74) is 2.11. The standard InChI is InChI=1S/C15H19NO3/c1-19-14-8-9-16(11-14)10-13-5-3-2-4-12(13)6-7-15(17)18/h2-7,14H,8-11H2,1H3,(H,17,18)/b7-6+. The van der Waals surface area contributed by atoms with E-state index < -0.39 is 5.97 Å². The van der Waals surface area contributed by atoms with E-state index in [1.807, 2.05) is 24.3 Å². The van der Waals surface area contributed by atoms with Gasteiger partial charge < -0.3 is 9.84 Å². The molecule has 1 heterocycles. The summed E-state index contributed by atoms with van der Waals surface area (Å²) < 4.78 is 5.35. The molecule has 0 aromatic heterocycles. The van der Waals surface area contributed by atoms with Crippen LogP contribution in [0.5, 0.6) is 0 Å². The van der Waals surface area contributed by atoms with Gasteiger partial charge in [0.2, 0.25) is 0 Å². The van der Waals surface area contributed by atoms with Crippen molar-refractivity contribution in [3.05, 3.63) is 41.5 Å². The van der Waals surface area contributed by atoms with Crippen molar-refractivity contribution >= 4 is 12.0 Å². The van der Waals surface area contributed by atoms with Gasteiger partial charge in [-0.15, -0.1) is 0 Å². The average Bonchev–Trinajstić information content (AvgIpc) is 2.85. The molecule has 0 spiro atoms. The summed E-state index contributed by atoms with van der Waals surface area (Å²) in [5.74, 6) is -0.921. The van der Waals surface area contributed by atoms with Gasteiger partial charge in [0.1, 0.15) is 0 Å². The predicted molar refractivity (Wildman–Crippen MR) is 73.8 cm³/mol. The van der Waals surface area contributed by atoms with Crippen molar-refractivity contribution in [3.63, 3.8) is 0 Å². The molecule has 4 nitrogen and oxygen atoms in total. The minimum Gasteiger partial charge on any atom is -0.478 e. The van der Waals surface area contributed by atoms with Crippen molar-refractivity contribution in [2.75, 3.05) is 20.2 Å². The maximum atomic E-state index is 10.6. The second kappa shape index (κ2) is 6.50. The lowest BCUT2D eigenvalue weighted by atomic mass is 10.1. The van der Waals surface area contributed by atoms with Gasteiger partial charge in [-0.3, -0.25) is 4.90 Å². The molecule has 2 rings (SSSR count). The molecule has 1 aliphatic rings. The fraction of sp³-hybridized carbons (Fsp3) is 0.400. The van der Waals surface area contributed by atoms with Crippen LogP contribution in [0.15, 0.2) is 30.3 Å². The van der Waals surface area contributed by atoms with E-state index in [9.17, 15) is 4.79 Å². The van der Waals surface area contributed by atoms with E-state index in [2.05, 4.69) is 4.90 Å². The molecule has 1 aromatic carbocycles. The Kier molecular flexibility index (Phi) is 4.71. The van der Waals surface area contributed by atoms with Crippen LogP contribution in [-0.2, 0) is 16.1 Å². The topological polar surface area (TPSA) is 49.8 Å². The molecule has 0 bridgehead atoms. The van der Waals surface area contributed by atoms with E-state index in [1.165, 1.54) is 6.08 Å². The first-order valence-electron chi connectivity index (χ1n) is 6.43. The van der Waals surface area contributed by atoms with Gasteiger partial charge in [0, 0.05) is 32.8 Å². The number of ether oxygens (including phenoxy) is 1. The molecule has 0 radical (unpaired) electrons. The Morgan fingerprint density at radius 1 is 1.53 bits per heavy atom. The van der Waals surface area contributed by atoms with Crippen LogP contribution in [0.3, 0.4) is 0 Å². The average molecular weight is 261 g/mol. The second-order valence-corrected chi connectivity index (χ2v) is 4.75. The molecule has 102 valence electrons. The summed E-state index contributed by atoms with van der Waals surface area (Å²) in [6, 6.07) is 7.89. The van der Waals surface area contributed by atoms with Crippen molar-refractivity contribution in [2.24, 2.45) is 0 Å². The number of likely N-dealkylation sites (tertiary alicyclic amines) is 1. The van der Waals surface area contributed by atoms with Crippen molar-refractivity contribution in [1.29, 1.82) is 0 Å². The Bertz CT molecular complexity index is 470. The molecule has 1 N–H and O–H groups in total. The molecule has 1 unspecified atom stereocenters. The minimum atomic E-state index is -0.921. The SMILES string of the molecule is COC1CCN(Cc2ccccc2/C=C/C(=O)O)C1. The third kappa shape index (κ3) is 3.91. The van der Waals surface area contributed by atoms with Gasteiger partial charge in [-0.25, -0.2) is 4.79 Å². The Morgan fingerprint density at radius 2 is 2.32 bits per heavy atom. The largest absolute Gasteiger partial charge is 0.478 e. The number of hydrogen-bond acceptors (Lipinski definition) is 3. The van der Waals surface area contributed by atoms with Gasteiger partial charge in [0.05, 0.1) is 6.10 Å². The molecule has 1 atom stereocenters. The first kappa shape index (κ1) is 13.8. The lowest BCUT2D eigenvalue weighted by molar-refractivity contribution is -0.131. The molecule has 0 amide bonds. The molecule has 1 saturated heterocycles. The smallest absolute Gasteiger partial charge is 0.328 e. The maximum absolute atomic E-state index is 10.6. The first-order chi connectivity index (χ1) is 9.19. The molecule has 1 fully saturated rings. The van der Waals surface area contributed by atoms with Crippen LogP contribution >= 0.6 is 0 Å². The number of carboxylic acid groups (broad SMARTS) is 1. The van der Waals surface area contributed by atoms with E-state index in [4.69, 9.17) is 9.84 Å². The van der Waals surface area contributed by atoms with E-state index in [0.29, 0.717) is 6.10 Å². The van der Waals surface area contributed by atoms with Crippen LogP contribution in [0.1, 0.15) is 17.5 Å². The fourth-order valence-electron chi connectivity index (χ4n) is 2.38. The lowest BCUT2D eigenvalue weighted by Gasteiger charge is -2.17. The Balaban J connectivity index is 2.06. The van der Waals surface area contributed by atoms with Gasteiger partial charge in [-0.1, -0.05) is 24.3 Å². The number of hydrogen-bond donors (Lipinski definition) is 1. The van der Waals surface area contributed by atoms with Gasteiger partial charge in [-0.05, 0) is 23.6 Å². The van der Waals surface area contributed by atoms with E-state index >= 15 is 0 Å². The summed E-state index contributed by atoms with van der Waals surface area (Å²) in [6.07, 6.45) is 4.22. The van der Waals surface area contributed by atoms with Crippen LogP contribution in [0.2, 0.25) is 0 Å². The number of methoxy groups -OCH3 is 1. The lowest BCUT2D eigenvalue weighted by Crippen LogP contribution is -2.22. The highest BCUT2D eigenvalue weighted by Crippen LogP contribution is 2.18. The Morgan fingerprint density at radius 3 is 3.00 bits per heavy atom. The second-order valence-electron chi connectivity index (χ2n) is 4.75. The summed E-state index contributed by atoms with van der Waals surface area (Å²) in [7, 11) is 1.75. The van der Waals surface area contributed by atoms with Crippen LogP contribution in [0, 0.1) is 0 Å². The summed E-state index contributed by atoms with van der Waals surface area (Å²) in [4.78, 5) is 12.9. The highest BCUT2D eigenvalue weighted by Gasteiger charge is 2.22. The number of carboxylic acids is 1. The monoisotopic (exact) mass is 261 g/mol. The zero-order valence-corrected chi connectivity index (χ0v) is 11.1. The number of rotatable bonds is 5. The van der Waals surface area contributed by atoms with Crippen LogP contribution < -0.4 is 0 Å². The molecule has 19 heavy (non-hydrogen) atoms. The molecule has 1 aliphatic heterocycles. The molecule has 0 saturated carbocycles. The minimum absolute atomic E-state index is 0.321. The van der Waals surface area contributed by atoms with Crippen molar-refractivity contribution in [3.8, 4) is 0 Å². The zero-order valence-electron chi connectivity index (χ0n) is 11.1. The fourth-order valence-corrected chi connectivity index (χ4v) is 2.38. The highest BCUT2D eigenvalue weighted by atomic mass is 16.5. The van der Waals surface area contributed by atoms with Crippen molar-refractivity contribution in [1.82, 2.24) is 4.90 Å². The maximum Gasteiger partial charge on any atom is 0.328 e. The third-order valence-electron chi connectivity index (χ3n) is 3.42. The number of carbonyl (C=O) groups is 1. The summed E-state index contributed by atoms with van der Waals surface area (Å²) in [5, 5.41) is 8.70. The summed E-state index contributed by atoms with van der Waals surface area (Å²) >= 11 is 0. The quantitative estimate of drug-likeness (QED) is 0.824. The van der Waals surface area contributed by atoms with E-state index in [1.54, 1.807) is 13.2 Å². The molecule has 0 aliphatic carbocycles. The molecule has 4 heteroatoms. The Hall–Kier alpha value is -1.65. The Labute approximate surface area is 113 Å². The summed E-state index contributed by atoms with van der Waals surface area (Å²) in [6.45, 7) is 2.79. The molecule has 1 aromatic rings. The number of nitrogens with zero attached hydrogens (tertiary/aromatic N) is 1. The van der Waals surface area contributed by atoms with Crippen molar-refractivity contribution in [2.45, 2.75) is 19.1 Å². The van der Waals surface area contributed by atoms with E-state index in [-0.39, 0.29) is 0 Å². The van der Waals surface area contributed by atoms with Crippen LogP contribution in [0.4, 0.5) is 0 Å². The van der Waals surface area contributed by atoms with Crippen molar-refractivity contribution < 1.29 is 14.6 Å². The van der Waals surface area contributed by atoms with Gasteiger partial charge in [0.25, 0.3) is 0 Å². The zero-order chi connectivity index (χ0) is 13.7. The van der Waals surface area contributed by atoms with Crippen LogP contribution in [0.25, 0.3) is 6.08 Å². The van der Waals surface area contributed by atoms with Crippen LogP contribution in [-0.4, -0.2) is 42.3 Å². The van der Waals surface area contributed by atoms with Gasteiger partial charge in [-0.2, -0.15) is 0 Å². The normalized spacial score (nSPS) is 20.2. The molecular formula is C15H19NO3. The number of benzene rings is 1.